The quantitative estimate of drug-likeness (QED) is 0.902. The normalized spacial score (nSPS) is 17.7. The molecule has 0 radical (unpaired) electrons. The molecule has 1 saturated carbocycles. The van der Waals surface area contributed by atoms with Gasteiger partial charge in [0.15, 0.2) is 0 Å². The number of hydrogen-bond donors (Lipinski definition) is 2. The minimum Gasteiger partial charge on any atom is -0.394 e. The van der Waals surface area contributed by atoms with Crippen LogP contribution in [0.25, 0.3) is 0 Å². The van der Waals surface area contributed by atoms with Gasteiger partial charge in [0.2, 0.25) is 0 Å². The third-order valence-corrected chi connectivity index (χ3v) is 4.61. The van der Waals surface area contributed by atoms with Crippen molar-refractivity contribution in [3.05, 3.63) is 33.8 Å². The van der Waals surface area contributed by atoms with Crippen LogP contribution in [0.15, 0.2) is 22.7 Å². The predicted octanol–water partition coefficient (Wildman–Crippen LogP) is 2.79. The maximum Gasteiger partial charge on any atom is 0.252 e. The van der Waals surface area contributed by atoms with Crippen LogP contribution in [0, 0.1) is 6.92 Å². The largest absolute Gasteiger partial charge is 0.394 e. The first-order valence-electron chi connectivity index (χ1n) is 6.26. The number of aliphatic hydroxyl groups excluding tert-OH is 1. The van der Waals surface area contributed by atoms with Crippen molar-refractivity contribution in [2.24, 2.45) is 0 Å². The first kappa shape index (κ1) is 13.6. The molecule has 0 bridgehead atoms. The van der Waals surface area contributed by atoms with Crippen molar-refractivity contribution in [2.45, 2.75) is 38.1 Å². The van der Waals surface area contributed by atoms with Gasteiger partial charge in [-0.3, -0.25) is 4.79 Å². The second-order valence-electron chi connectivity index (χ2n) is 5.01. The highest BCUT2D eigenvalue weighted by molar-refractivity contribution is 9.10. The van der Waals surface area contributed by atoms with Crippen LogP contribution < -0.4 is 5.32 Å². The van der Waals surface area contributed by atoms with Crippen molar-refractivity contribution in [1.29, 1.82) is 0 Å². The van der Waals surface area contributed by atoms with Gasteiger partial charge in [-0.15, -0.1) is 0 Å². The topological polar surface area (TPSA) is 49.3 Å². The highest BCUT2D eigenvalue weighted by Crippen LogP contribution is 2.30. The van der Waals surface area contributed by atoms with Crippen molar-refractivity contribution in [3.63, 3.8) is 0 Å². The van der Waals surface area contributed by atoms with E-state index in [9.17, 15) is 9.90 Å². The highest BCUT2D eigenvalue weighted by Gasteiger charge is 2.35. The van der Waals surface area contributed by atoms with E-state index in [0.29, 0.717) is 5.56 Å². The fourth-order valence-corrected chi connectivity index (χ4v) is 2.90. The maximum absolute atomic E-state index is 12.3. The van der Waals surface area contributed by atoms with Crippen LogP contribution in [0.1, 0.15) is 41.6 Å². The van der Waals surface area contributed by atoms with Crippen molar-refractivity contribution < 1.29 is 9.90 Å². The minimum atomic E-state index is -0.411. The average Bonchev–Trinajstić information content (AvgIpc) is 2.81. The van der Waals surface area contributed by atoms with Gasteiger partial charge in [-0.05, 0) is 37.5 Å². The molecule has 1 fully saturated rings. The summed E-state index contributed by atoms with van der Waals surface area (Å²) in [6.07, 6.45) is 3.86. The zero-order valence-corrected chi connectivity index (χ0v) is 12.1. The number of carbonyl (C=O) groups is 1. The van der Waals surface area contributed by atoms with Gasteiger partial charge in [-0.1, -0.05) is 34.8 Å². The molecular weight excluding hydrogens is 294 g/mol. The zero-order chi connectivity index (χ0) is 13.2. The van der Waals surface area contributed by atoms with Crippen LogP contribution >= 0.6 is 15.9 Å². The molecule has 2 N–H and O–H groups in total. The summed E-state index contributed by atoms with van der Waals surface area (Å²) in [5.74, 6) is -0.0928. The van der Waals surface area contributed by atoms with Crippen LogP contribution in [-0.4, -0.2) is 23.2 Å². The SMILES string of the molecule is Cc1c(Br)cccc1C(=O)NC1(CO)CCCC1. The Labute approximate surface area is 116 Å². The Bertz CT molecular complexity index is 453. The summed E-state index contributed by atoms with van der Waals surface area (Å²) in [7, 11) is 0. The Hall–Kier alpha value is -0.870. The molecule has 18 heavy (non-hydrogen) atoms. The molecule has 0 heterocycles. The summed E-state index contributed by atoms with van der Waals surface area (Å²) in [4.78, 5) is 12.3. The van der Waals surface area contributed by atoms with Gasteiger partial charge in [0.1, 0.15) is 0 Å². The lowest BCUT2D eigenvalue weighted by Crippen LogP contribution is -2.49. The summed E-state index contributed by atoms with van der Waals surface area (Å²) in [5.41, 5.74) is 1.19. The number of rotatable bonds is 3. The summed E-state index contributed by atoms with van der Waals surface area (Å²) < 4.78 is 0.930. The van der Waals surface area contributed by atoms with Gasteiger partial charge in [-0.2, -0.15) is 0 Å². The maximum atomic E-state index is 12.3. The molecule has 1 aliphatic carbocycles. The van der Waals surface area contributed by atoms with Gasteiger partial charge in [-0.25, -0.2) is 0 Å². The average molecular weight is 312 g/mol. The number of amides is 1. The van der Waals surface area contributed by atoms with Crippen molar-refractivity contribution in [2.75, 3.05) is 6.61 Å². The van der Waals surface area contributed by atoms with E-state index in [2.05, 4.69) is 21.2 Å². The van der Waals surface area contributed by atoms with E-state index < -0.39 is 5.54 Å². The van der Waals surface area contributed by atoms with Crippen molar-refractivity contribution in [3.8, 4) is 0 Å². The second-order valence-corrected chi connectivity index (χ2v) is 5.87. The summed E-state index contributed by atoms with van der Waals surface area (Å²) in [6, 6.07) is 5.59. The molecule has 0 atom stereocenters. The Morgan fingerprint density at radius 2 is 2.11 bits per heavy atom. The number of hydrogen-bond acceptors (Lipinski definition) is 2. The monoisotopic (exact) mass is 311 g/mol. The number of carbonyl (C=O) groups excluding carboxylic acids is 1. The first-order chi connectivity index (χ1) is 8.58. The summed E-state index contributed by atoms with van der Waals surface area (Å²) in [6.45, 7) is 1.94. The van der Waals surface area contributed by atoms with Crippen LogP contribution in [0.3, 0.4) is 0 Å². The fourth-order valence-electron chi connectivity index (χ4n) is 2.54. The van der Waals surface area contributed by atoms with Crippen molar-refractivity contribution in [1.82, 2.24) is 5.32 Å². The Kier molecular flexibility index (Phi) is 4.07. The molecule has 1 aromatic rings. The predicted molar refractivity (Wildman–Crippen MR) is 74.6 cm³/mol. The third-order valence-electron chi connectivity index (χ3n) is 3.75. The molecule has 98 valence electrons. The highest BCUT2D eigenvalue weighted by atomic mass is 79.9. The van der Waals surface area contributed by atoms with E-state index in [4.69, 9.17) is 0 Å². The Morgan fingerprint density at radius 3 is 2.72 bits per heavy atom. The van der Waals surface area contributed by atoms with Gasteiger partial charge in [0.05, 0.1) is 12.1 Å². The van der Waals surface area contributed by atoms with Crippen LogP contribution in [0.5, 0.6) is 0 Å². The van der Waals surface area contributed by atoms with Gasteiger partial charge >= 0.3 is 0 Å². The molecule has 1 amide bonds. The number of halogens is 1. The standard InChI is InChI=1S/C14H18BrNO2/c1-10-11(5-4-6-12(10)15)13(18)16-14(9-17)7-2-3-8-14/h4-6,17H,2-3,7-9H2,1H3,(H,16,18). The molecule has 0 aromatic heterocycles. The smallest absolute Gasteiger partial charge is 0.252 e. The molecule has 3 nitrogen and oxygen atoms in total. The molecule has 2 rings (SSSR count). The second kappa shape index (κ2) is 5.41. The molecule has 1 aromatic carbocycles. The number of aliphatic hydroxyl groups is 1. The van der Waals surface area contributed by atoms with Gasteiger partial charge < -0.3 is 10.4 Å². The van der Waals surface area contributed by atoms with Crippen LogP contribution in [0.2, 0.25) is 0 Å². The van der Waals surface area contributed by atoms with Crippen LogP contribution in [0.4, 0.5) is 0 Å². The van der Waals surface area contributed by atoms with Crippen molar-refractivity contribution >= 4 is 21.8 Å². The van der Waals surface area contributed by atoms with E-state index >= 15 is 0 Å². The molecule has 0 unspecified atom stereocenters. The Balaban J connectivity index is 2.19. The van der Waals surface area contributed by atoms with E-state index in [0.717, 1.165) is 35.7 Å². The molecule has 0 aliphatic heterocycles. The molecular formula is C14H18BrNO2. The minimum absolute atomic E-state index is 0.0196. The number of benzene rings is 1. The lowest BCUT2D eigenvalue weighted by molar-refractivity contribution is 0.0838. The molecule has 4 heteroatoms. The number of nitrogens with one attached hydrogen (secondary N) is 1. The zero-order valence-electron chi connectivity index (χ0n) is 10.5. The molecule has 0 spiro atoms. The fraction of sp³-hybridized carbons (Fsp3) is 0.500. The molecule has 0 saturated heterocycles. The van der Waals surface area contributed by atoms with E-state index in [1.165, 1.54) is 0 Å². The van der Waals surface area contributed by atoms with E-state index in [1.54, 1.807) is 0 Å². The van der Waals surface area contributed by atoms with E-state index in [1.807, 2.05) is 25.1 Å². The molecule has 1 aliphatic rings. The van der Waals surface area contributed by atoms with Gasteiger partial charge in [0, 0.05) is 10.0 Å². The van der Waals surface area contributed by atoms with E-state index in [-0.39, 0.29) is 12.5 Å². The lowest BCUT2D eigenvalue weighted by Gasteiger charge is -2.28. The Morgan fingerprint density at radius 1 is 1.44 bits per heavy atom. The third kappa shape index (κ3) is 2.59. The van der Waals surface area contributed by atoms with Gasteiger partial charge in [0.25, 0.3) is 5.91 Å². The first-order valence-corrected chi connectivity index (χ1v) is 7.06. The summed E-state index contributed by atoms with van der Waals surface area (Å²) in [5, 5.41) is 12.5. The van der Waals surface area contributed by atoms with Crippen LogP contribution in [-0.2, 0) is 0 Å². The summed E-state index contributed by atoms with van der Waals surface area (Å²) >= 11 is 3.43. The lowest BCUT2D eigenvalue weighted by atomic mass is 9.97.